The molecule has 1 N–H and O–H groups in total. The monoisotopic (exact) mass is 369 g/mol. The maximum atomic E-state index is 13.2. The Balaban J connectivity index is 1.64. The number of aliphatic hydroxyl groups excluding tert-OH is 1. The maximum absolute atomic E-state index is 13.2. The molecule has 4 rings (SSSR count). The van der Waals surface area contributed by atoms with Crippen LogP contribution in [0.1, 0.15) is 42.6 Å². The molecule has 1 aliphatic rings. The molecule has 0 aliphatic heterocycles. The van der Waals surface area contributed by atoms with E-state index in [1.165, 1.54) is 29.0 Å². The first-order valence-electron chi connectivity index (χ1n) is 8.55. The molecule has 6 heteroatoms. The number of thiazole rings is 1. The molecule has 2 aromatic heterocycles. The van der Waals surface area contributed by atoms with E-state index in [4.69, 9.17) is 0 Å². The molecule has 0 fully saturated rings. The van der Waals surface area contributed by atoms with Crippen LogP contribution in [0.3, 0.4) is 0 Å². The van der Waals surface area contributed by atoms with Crippen molar-refractivity contribution in [1.29, 1.82) is 0 Å². The third-order valence-electron chi connectivity index (χ3n) is 5.22. The van der Waals surface area contributed by atoms with Crippen molar-refractivity contribution in [2.45, 2.75) is 32.8 Å². The van der Waals surface area contributed by atoms with Crippen molar-refractivity contribution >= 4 is 17.4 Å². The summed E-state index contributed by atoms with van der Waals surface area (Å²) in [5.74, 6) is -0.259. The number of halogens is 1. The number of aromatic nitrogens is 3. The lowest BCUT2D eigenvalue weighted by Crippen LogP contribution is -2.27. The normalized spacial score (nSPS) is 20.5. The molecule has 0 saturated heterocycles. The molecular formula is C20H20FN3OS. The van der Waals surface area contributed by atoms with Crippen LogP contribution >= 0.6 is 11.3 Å². The SMILES string of the molecule is CC1=Cc2c(cnn2-c2ccc(F)cc2)CC1(C)CC(O)c1nccs1. The highest BCUT2D eigenvalue weighted by Crippen LogP contribution is 2.44. The fraction of sp³-hybridized carbons (Fsp3) is 0.300. The Morgan fingerprint density at radius 3 is 2.81 bits per heavy atom. The number of rotatable bonds is 4. The summed E-state index contributed by atoms with van der Waals surface area (Å²) in [6.45, 7) is 4.27. The zero-order valence-corrected chi connectivity index (χ0v) is 15.5. The van der Waals surface area contributed by atoms with Crippen molar-refractivity contribution < 1.29 is 9.50 Å². The number of hydrogen-bond acceptors (Lipinski definition) is 4. The first-order chi connectivity index (χ1) is 12.5. The second-order valence-electron chi connectivity index (χ2n) is 7.10. The summed E-state index contributed by atoms with van der Waals surface area (Å²) in [5.41, 5.74) is 4.03. The molecule has 2 atom stereocenters. The van der Waals surface area contributed by atoms with Crippen molar-refractivity contribution in [2.75, 3.05) is 0 Å². The van der Waals surface area contributed by atoms with Gasteiger partial charge >= 0.3 is 0 Å². The van der Waals surface area contributed by atoms with E-state index in [2.05, 4.69) is 30.0 Å². The van der Waals surface area contributed by atoms with Crippen molar-refractivity contribution in [1.82, 2.24) is 14.8 Å². The zero-order valence-electron chi connectivity index (χ0n) is 14.7. The maximum Gasteiger partial charge on any atom is 0.123 e. The summed E-state index contributed by atoms with van der Waals surface area (Å²) < 4.78 is 15.0. The Morgan fingerprint density at radius 1 is 1.35 bits per heavy atom. The van der Waals surface area contributed by atoms with Crippen LogP contribution in [0.4, 0.5) is 4.39 Å². The molecule has 3 aromatic rings. The molecule has 0 bridgehead atoms. The average Bonchev–Trinajstić information content (AvgIpc) is 3.26. The van der Waals surface area contributed by atoms with Gasteiger partial charge in [0.25, 0.3) is 0 Å². The highest BCUT2D eigenvalue weighted by Gasteiger charge is 2.35. The standard InChI is InChI=1S/C20H20FN3OS/c1-13-9-17-14(12-23-24(17)16-5-3-15(21)4-6-16)10-20(13,2)11-18(25)19-22-7-8-26-19/h3-9,12,18,25H,10-11H2,1-2H3. The van der Waals surface area contributed by atoms with Crippen LogP contribution in [0.25, 0.3) is 11.8 Å². The van der Waals surface area contributed by atoms with Crippen LogP contribution in [-0.4, -0.2) is 19.9 Å². The van der Waals surface area contributed by atoms with E-state index >= 15 is 0 Å². The molecule has 0 amide bonds. The van der Waals surface area contributed by atoms with Gasteiger partial charge in [0.1, 0.15) is 16.9 Å². The number of allylic oxidation sites excluding steroid dienone is 1. The fourth-order valence-electron chi connectivity index (χ4n) is 3.56. The third kappa shape index (κ3) is 2.99. The van der Waals surface area contributed by atoms with E-state index in [1.54, 1.807) is 18.3 Å². The van der Waals surface area contributed by atoms with Crippen LogP contribution in [0.15, 0.2) is 47.6 Å². The summed E-state index contributed by atoms with van der Waals surface area (Å²) in [4.78, 5) is 4.23. The van der Waals surface area contributed by atoms with E-state index in [9.17, 15) is 9.50 Å². The van der Waals surface area contributed by atoms with E-state index in [-0.39, 0.29) is 11.2 Å². The Kier molecular flexibility index (Phi) is 4.25. The van der Waals surface area contributed by atoms with Gasteiger partial charge in [0.15, 0.2) is 0 Å². The molecule has 0 radical (unpaired) electrons. The topological polar surface area (TPSA) is 50.9 Å². The Labute approximate surface area is 155 Å². The smallest absolute Gasteiger partial charge is 0.123 e. The Bertz CT molecular complexity index is 946. The van der Waals surface area contributed by atoms with Gasteiger partial charge in [-0.1, -0.05) is 12.5 Å². The van der Waals surface area contributed by atoms with Gasteiger partial charge in [-0.05, 0) is 61.1 Å². The van der Waals surface area contributed by atoms with Crippen LogP contribution in [0.5, 0.6) is 0 Å². The number of fused-ring (bicyclic) bond motifs is 1. The van der Waals surface area contributed by atoms with Gasteiger partial charge in [-0.2, -0.15) is 5.10 Å². The second-order valence-corrected chi connectivity index (χ2v) is 8.02. The van der Waals surface area contributed by atoms with E-state index < -0.39 is 6.10 Å². The first kappa shape index (κ1) is 17.1. The summed E-state index contributed by atoms with van der Waals surface area (Å²) in [7, 11) is 0. The molecule has 4 nitrogen and oxygen atoms in total. The first-order valence-corrected chi connectivity index (χ1v) is 9.43. The highest BCUT2D eigenvalue weighted by molar-refractivity contribution is 7.09. The minimum atomic E-state index is -0.572. The van der Waals surface area contributed by atoms with Crippen molar-refractivity contribution in [2.24, 2.45) is 5.41 Å². The minimum absolute atomic E-state index is 0.158. The molecule has 1 aromatic carbocycles. The number of aliphatic hydroxyl groups is 1. The van der Waals surface area contributed by atoms with Crippen LogP contribution in [0.2, 0.25) is 0 Å². The number of nitrogens with zero attached hydrogens (tertiary/aromatic N) is 3. The van der Waals surface area contributed by atoms with Crippen LogP contribution in [-0.2, 0) is 6.42 Å². The van der Waals surface area contributed by atoms with Gasteiger partial charge in [-0.25, -0.2) is 14.1 Å². The van der Waals surface area contributed by atoms with Gasteiger partial charge in [0.05, 0.1) is 17.6 Å². The zero-order chi connectivity index (χ0) is 18.3. The molecule has 134 valence electrons. The largest absolute Gasteiger partial charge is 0.386 e. The van der Waals surface area contributed by atoms with Gasteiger partial charge < -0.3 is 5.11 Å². The lowest BCUT2D eigenvalue weighted by atomic mass is 9.70. The molecule has 0 spiro atoms. The predicted molar refractivity (Wildman–Crippen MR) is 101 cm³/mol. The minimum Gasteiger partial charge on any atom is -0.386 e. The number of benzene rings is 1. The molecule has 2 heterocycles. The van der Waals surface area contributed by atoms with Gasteiger partial charge in [-0.3, -0.25) is 0 Å². The summed E-state index contributed by atoms with van der Waals surface area (Å²) in [6, 6.07) is 6.34. The quantitative estimate of drug-likeness (QED) is 0.734. The van der Waals surface area contributed by atoms with Crippen molar-refractivity contribution in [3.8, 4) is 5.69 Å². The lowest BCUT2D eigenvalue weighted by molar-refractivity contribution is 0.121. The molecule has 1 aliphatic carbocycles. The van der Waals surface area contributed by atoms with Crippen molar-refractivity contribution in [3.63, 3.8) is 0 Å². The summed E-state index contributed by atoms with van der Waals surface area (Å²) >= 11 is 1.48. The predicted octanol–water partition coefficient (Wildman–Crippen LogP) is 4.56. The van der Waals surface area contributed by atoms with Crippen LogP contribution < -0.4 is 0 Å². The highest BCUT2D eigenvalue weighted by atomic mass is 32.1. The summed E-state index contributed by atoms with van der Waals surface area (Å²) in [5, 5.41) is 17.7. The molecular weight excluding hydrogens is 349 g/mol. The molecule has 2 unspecified atom stereocenters. The molecule has 26 heavy (non-hydrogen) atoms. The average molecular weight is 369 g/mol. The molecule has 0 saturated carbocycles. The van der Waals surface area contributed by atoms with Crippen molar-refractivity contribution in [3.05, 3.63) is 69.7 Å². The van der Waals surface area contributed by atoms with E-state index in [0.29, 0.717) is 6.42 Å². The van der Waals surface area contributed by atoms with Crippen LogP contribution in [0, 0.1) is 11.2 Å². The number of hydrogen-bond donors (Lipinski definition) is 1. The van der Waals surface area contributed by atoms with E-state index in [0.717, 1.165) is 28.4 Å². The summed E-state index contributed by atoms with van der Waals surface area (Å²) in [6.07, 6.45) is 6.56. The van der Waals surface area contributed by atoms with Gasteiger partial charge in [0, 0.05) is 11.6 Å². The Hall–Kier alpha value is -2.31. The van der Waals surface area contributed by atoms with Gasteiger partial charge in [-0.15, -0.1) is 11.3 Å². The third-order valence-corrected chi connectivity index (χ3v) is 6.10. The van der Waals surface area contributed by atoms with E-state index in [1.807, 2.05) is 16.3 Å². The second kappa shape index (κ2) is 6.45. The lowest BCUT2D eigenvalue weighted by Gasteiger charge is -2.35. The fourth-order valence-corrected chi connectivity index (χ4v) is 4.18. The Morgan fingerprint density at radius 2 is 2.12 bits per heavy atom. The van der Waals surface area contributed by atoms with Gasteiger partial charge in [0.2, 0.25) is 0 Å².